The van der Waals surface area contributed by atoms with E-state index >= 15 is 0 Å². The molecule has 0 bridgehead atoms. The highest BCUT2D eigenvalue weighted by molar-refractivity contribution is 7.13. The molecule has 2 heterocycles. The molecule has 8 nitrogen and oxygen atoms in total. The number of rotatable bonds is 7. The zero-order valence-electron chi connectivity index (χ0n) is 17.0. The first kappa shape index (κ1) is 20.5. The van der Waals surface area contributed by atoms with Gasteiger partial charge in [0.25, 0.3) is 5.56 Å². The Balaban J connectivity index is 1.51. The van der Waals surface area contributed by atoms with Crippen LogP contribution in [0.2, 0.25) is 0 Å². The van der Waals surface area contributed by atoms with Gasteiger partial charge in [0, 0.05) is 17.7 Å². The lowest BCUT2D eigenvalue weighted by atomic mass is 10.1. The van der Waals surface area contributed by atoms with Gasteiger partial charge in [0.2, 0.25) is 5.91 Å². The highest BCUT2D eigenvalue weighted by atomic mass is 32.1. The number of hydrogen-bond donors (Lipinski definition) is 1. The van der Waals surface area contributed by atoms with Crippen LogP contribution in [0.15, 0.2) is 59.7 Å². The fourth-order valence-electron chi connectivity index (χ4n) is 3.25. The molecule has 9 heteroatoms. The molecular formula is C22H20N4O4S. The van der Waals surface area contributed by atoms with Crippen LogP contribution in [0.3, 0.4) is 0 Å². The van der Waals surface area contributed by atoms with E-state index in [0.29, 0.717) is 27.4 Å². The first-order chi connectivity index (χ1) is 15.1. The van der Waals surface area contributed by atoms with Crippen molar-refractivity contribution in [3.8, 4) is 22.8 Å². The predicted molar refractivity (Wildman–Crippen MR) is 119 cm³/mol. The third-order valence-corrected chi connectivity index (χ3v) is 5.60. The van der Waals surface area contributed by atoms with Gasteiger partial charge in [0.05, 0.1) is 20.5 Å². The number of nitrogens with one attached hydrogen (secondary N) is 1. The maximum atomic E-state index is 12.8. The highest BCUT2D eigenvalue weighted by Gasteiger charge is 2.16. The summed E-state index contributed by atoms with van der Waals surface area (Å²) < 4.78 is 16.8. The molecule has 2 aromatic carbocycles. The molecule has 0 spiro atoms. The summed E-state index contributed by atoms with van der Waals surface area (Å²) in [7, 11) is 3.10. The summed E-state index contributed by atoms with van der Waals surface area (Å²) in [6.45, 7) is 0.0922. The van der Waals surface area contributed by atoms with Crippen molar-refractivity contribution >= 4 is 27.7 Å². The molecule has 0 atom stereocenters. The van der Waals surface area contributed by atoms with Crippen molar-refractivity contribution in [2.45, 2.75) is 13.1 Å². The van der Waals surface area contributed by atoms with E-state index in [1.54, 1.807) is 20.3 Å². The molecule has 31 heavy (non-hydrogen) atoms. The van der Waals surface area contributed by atoms with Crippen LogP contribution >= 0.6 is 11.5 Å². The second kappa shape index (κ2) is 8.97. The molecule has 0 aliphatic rings. The van der Waals surface area contributed by atoms with Crippen LogP contribution in [-0.4, -0.2) is 34.1 Å². The molecule has 0 radical (unpaired) electrons. The summed E-state index contributed by atoms with van der Waals surface area (Å²) in [5, 5.41) is 2.81. The van der Waals surface area contributed by atoms with E-state index in [2.05, 4.69) is 14.7 Å². The Morgan fingerprint density at radius 3 is 2.65 bits per heavy atom. The molecule has 4 aromatic rings. The number of aromatic nitrogens is 3. The third kappa shape index (κ3) is 4.13. The number of para-hydroxylation sites is 1. The summed E-state index contributed by atoms with van der Waals surface area (Å²) >= 11 is 1.09. The number of fused-ring (bicyclic) bond motifs is 1. The van der Waals surface area contributed by atoms with Crippen LogP contribution in [0, 0.1) is 0 Å². The van der Waals surface area contributed by atoms with Crippen LogP contribution in [0.4, 0.5) is 0 Å². The summed E-state index contributed by atoms with van der Waals surface area (Å²) in [6.07, 6.45) is 1.39. The van der Waals surface area contributed by atoms with Gasteiger partial charge in [-0.25, -0.2) is 4.98 Å². The largest absolute Gasteiger partial charge is 0.493 e. The average molecular weight is 436 g/mol. The van der Waals surface area contributed by atoms with Crippen molar-refractivity contribution in [1.29, 1.82) is 0 Å². The van der Waals surface area contributed by atoms with Gasteiger partial charge in [-0.2, -0.15) is 4.37 Å². The van der Waals surface area contributed by atoms with Crippen molar-refractivity contribution in [1.82, 2.24) is 19.2 Å². The zero-order chi connectivity index (χ0) is 21.8. The fraction of sp³-hybridized carbons (Fsp3) is 0.182. The zero-order valence-corrected chi connectivity index (χ0v) is 17.8. The van der Waals surface area contributed by atoms with Gasteiger partial charge < -0.3 is 14.8 Å². The number of amides is 1. The van der Waals surface area contributed by atoms with E-state index < -0.39 is 0 Å². The Labute approximate surface area is 182 Å². The van der Waals surface area contributed by atoms with E-state index in [1.165, 1.54) is 10.9 Å². The molecule has 0 saturated heterocycles. The molecule has 0 unspecified atom stereocenters. The first-order valence-electron chi connectivity index (χ1n) is 9.49. The van der Waals surface area contributed by atoms with Gasteiger partial charge in [-0.1, -0.05) is 42.5 Å². The van der Waals surface area contributed by atoms with Crippen LogP contribution in [0.5, 0.6) is 11.5 Å². The Kier molecular flexibility index (Phi) is 5.94. The summed E-state index contributed by atoms with van der Waals surface area (Å²) in [5.74, 6) is 0.823. The average Bonchev–Trinajstić information content (AvgIpc) is 3.24. The van der Waals surface area contributed by atoms with Crippen molar-refractivity contribution in [3.05, 3.63) is 70.8 Å². The second-order valence-electron chi connectivity index (χ2n) is 6.68. The minimum absolute atomic E-state index is 0.146. The normalized spacial score (nSPS) is 10.8. The minimum atomic E-state index is -0.319. The number of nitrogens with zero attached hydrogens (tertiary/aromatic N) is 3. The smallest absolute Gasteiger partial charge is 0.273 e. The number of ether oxygens (including phenoxy) is 2. The lowest BCUT2D eigenvalue weighted by Gasteiger charge is -2.13. The van der Waals surface area contributed by atoms with Gasteiger partial charge >= 0.3 is 0 Å². The molecule has 4 rings (SSSR count). The molecule has 0 aliphatic heterocycles. The molecule has 0 aliphatic carbocycles. The van der Waals surface area contributed by atoms with Crippen molar-refractivity contribution in [2.75, 3.05) is 14.2 Å². The SMILES string of the molecule is COc1cccc(CNC(=O)Cn2cnc3c(-c4ccccc4)nsc3c2=O)c1OC. The van der Waals surface area contributed by atoms with Gasteiger partial charge in [-0.3, -0.25) is 14.2 Å². The van der Waals surface area contributed by atoms with Crippen molar-refractivity contribution < 1.29 is 14.3 Å². The maximum absolute atomic E-state index is 12.8. The van der Waals surface area contributed by atoms with Crippen LogP contribution in [0.25, 0.3) is 21.5 Å². The van der Waals surface area contributed by atoms with E-state index in [4.69, 9.17) is 9.47 Å². The van der Waals surface area contributed by atoms with Gasteiger partial charge in [-0.15, -0.1) is 0 Å². The molecule has 158 valence electrons. The molecule has 0 fully saturated rings. The highest BCUT2D eigenvalue weighted by Crippen LogP contribution is 2.30. The Morgan fingerprint density at radius 2 is 1.90 bits per heavy atom. The van der Waals surface area contributed by atoms with Crippen LogP contribution in [0.1, 0.15) is 5.56 Å². The van der Waals surface area contributed by atoms with E-state index in [0.717, 1.165) is 22.7 Å². The minimum Gasteiger partial charge on any atom is -0.493 e. The van der Waals surface area contributed by atoms with Crippen molar-refractivity contribution in [3.63, 3.8) is 0 Å². The molecular weight excluding hydrogens is 416 g/mol. The van der Waals surface area contributed by atoms with Crippen LogP contribution < -0.4 is 20.3 Å². The van der Waals surface area contributed by atoms with Gasteiger partial charge in [0.15, 0.2) is 11.5 Å². The van der Waals surface area contributed by atoms with E-state index in [1.807, 2.05) is 42.5 Å². The topological polar surface area (TPSA) is 95.3 Å². The Hall–Kier alpha value is -3.72. The number of carbonyl (C=O) groups is 1. The quantitative estimate of drug-likeness (QED) is 0.479. The monoisotopic (exact) mass is 436 g/mol. The number of benzene rings is 2. The Bertz CT molecular complexity index is 1280. The van der Waals surface area contributed by atoms with E-state index in [9.17, 15) is 9.59 Å². The Morgan fingerprint density at radius 1 is 1.10 bits per heavy atom. The van der Waals surface area contributed by atoms with Gasteiger partial charge in [0.1, 0.15) is 22.5 Å². The van der Waals surface area contributed by atoms with Crippen molar-refractivity contribution in [2.24, 2.45) is 0 Å². The van der Waals surface area contributed by atoms with E-state index in [-0.39, 0.29) is 24.6 Å². The number of carbonyl (C=O) groups excluding carboxylic acids is 1. The molecule has 0 saturated carbocycles. The van der Waals surface area contributed by atoms with Crippen LogP contribution in [-0.2, 0) is 17.9 Å². The molecule has 1 N–H and O–H groups in total. The lowest BCUT2D eigenvalue weighted by molar-refractivity contribution is -0.121. The molecule has 1 amide bonds. The second-order valence-corrected chi connectivity index (χ2v) is 7.46. The fourth-order valence-corrected chi connectivity index (χ4v) is 4.06. The number of methoxy groups -OCH3 is 2. The third-order valence-electron chi connectivity index (χ3n) is 4.77. The summed E-state index contributed by atoms with van der Waals surface area (Å²) in [6, 6.07) is 15.0. The molecule has 2 aromatic heterocycles. The number of hydrogen-bond acceptors (Lipinski definition) is 7. The lowest BCUT2D eigenvalue weighted by Crippen LogP contribution is -2.32. The predicted octanol–water partition coefficient (Wildman–Crippen LogP) is 2.85. The summed E-state index contributed by atoms with van der Waals surface area (Å²) in [5.41, 5.74) is 2.58. The standard InChI is InChI=1S/C22H20N4O4S/c1-29-16-10-6-9-15(20(16)30-2)11-23-17(27)12-26-13-24-19-18(14-7-4-3-5-8-14)25-31-21(19)22(26)28/h3-10,13H,11-12H2,1-2H3,(H,23,27). The first-order valence-corrected chi connectivity index (χ1v) is 10.3. The summed E-state index contributed by atoms with van der Waals surface area (Å²) in [4.78, 5) is 29.7. The maximum Gasteiger partial charge on any atom is 0.273 e. The van der Waals surface area contributed by atoms with Gasteiger partial charge in [-0.05, 0) is 17.6 Å².